The maximum Gasteiger partial charge on any atom is 0.315 e. The average molecular weight is 187 g/mol. The minimum Gasteiger partial charge on any atom is -0.395 e. The number of rotatable bonds is 3. The monoisotopic (exact) mass is 187 g/mol. The molecule has 0 radical (unpaired) electrons. The van der Waals surface area contributed by atoms with E-state index in [2.05, 4.69) is 16.0 Å². The van der Waals surface area contributed by atoms with Crippen molar-refractivity contribution in [2.24, 2.45) is 0 Å². The van der Waals surface area contributed by atoms with Crippen LogP contribution < -0.4 is 16.0 Å². The van der Waals surface area contributed by atoms with Crippen LogP contribution in [0.5, 0.6) is 0 Å². The van der Waals surface area contributed by atoms with Crippen LogP contribution in [-0.4, -0.2) is 43.4 Å². The lowest BCUT2D eigenvalue weighted by molar-refractivity contribution is 0.227. The second-order valence-corrected chi connectivity index (χ2v) is 3.15. The van der Waals surface area contributed by atoms with Gasteiger partial charge in [-0.2, -0.15) is 0 Å². The molecule has 1 aliphatic heterocycles. The highest BCUT2D eigenvalue weighted by Crippen LogP contribution is 2.00. The number of aliphatic hydroxyl groups is 1. The van der Waals surface area contributed by atoms with Crippen molar-refractivity contribution in [3.8, 4) is 0 Å². The molecule has 0 aromatic heterocycles. The van der Waals surface area contributed by atoms with Gasteiger partial charge >= 0.3 is 6.03 Å². The normalized spacial score (nSPS) is 18.2. The van der Waals surface area contributed by atoms with Crippen molar-refractivity contribution in [2.45, 2.75) is 18.9 Å². The number of aliphatic hydroxyl groups excluding tert-OH is 1. The number of hydrogen-bond donors (Lipinski definition) is 4. The van der Waals surface area contributed by atoms with Gasteiger partial charge in [-0.15, -0.1) is 0 Å². The SMILES string of the molecule is O=C(NCCO)NC1CCNCC1. The van der Waals surface area contributed by atoms with E-state index in [1.165, 1.54) is 0 Å². The Kier molecular flexibility index (Phi) is 4.56. The van der Waals surface area contributed by atoms with E-state index in [0.717, 1.165) is 25.9 Å². The van der Waals surface area contributed by atoms with Crippen molar-refractivity contribution in [2.75, 3.05) is 26.2 Å². The summed E-state index contributed by atoms with van der Waals surface area (Å²) in [6, 6.07) is 0.0980. The zero-order valence-electron chi connectivity index (χ0n) is 7.68. The quantitative estimate of drug-likeness (QED) is 0.459. The molecular formula is C8H17N3O2. The Hall–Kier alpha value is -0.810. The van der Waals surface area contributed by atoms with Gasteiger partial charge in [0.2, 0.25) is 0 Å². The first-order valence-corrected chi connectivity index (χ1v) is 4.69. The third kappa shape index (κ3) is 4.10. The van der Waals surface area contributed by atoms with Crippen LogP contribution in [0.1, 0.15) is 12.8 Å². The van der Waals surface area contributed by atoms with E-state index >= 15 is 0 Å². The van der Waals surface area contributed by atoms with Crippen LogP contribution in [-0.2, 0) is 0 Å². The van der Waals surface area contributed by atoms with Crippen LogP contribution in [0.25, 0.3) is 0 Å². The molecule has 1 aliphatic rings. The summed E-state index contributed by atoms with van der Waals surface area (Å²) in [5.41, 5.74) is 0. The lowest BCUT2D eigenvalue weighted by atomic mass is 10.1. The van der Waals surface area contributed by atoms with Crippen molar-refractivity contribution in [1.82, 2.24) is 16.0 Å². The van der Waals surface area contributed by atoms with Crippen LogP contribution in [0, 0.1) is 0 Å². The number of urea groups is 1. The molecule has 0 bridgehead atoms. The molecule has 76 valence electrons. The highest BCUT2D eigenvalue weighted by atomic mass is 16.3. The number of hydrogen-bond acceptors (Lipinski definition) is 3. The summed E-state index contributed by atoms with van der Waals surface area (Å²) in [6.07, 6.45) is 1.96. The van der Waals surface area contributed by atoms with Gasteiger partial charge in [0.05, 0.1) is 6.61 Å². The first-order valence-electron chi connectivity index (χ1n) is 4.69. The van der Waals surface area contributed by atoms with Gasteiger partial charge < -0.3 is 21.1 Å². The fourth-order valence-electron chi connectivity index (χ4n) is 1.37. The lowest BCUT2D eigenvalue weighted by Crippen LogP contribution is -2.47. The van der Waals surface area contributed by atoms with Crippen LogP contribution in [0.2, 0.25) is 0 Å². The van der Waals surface area contributed by atoms with Crippen molar-refractivity contribution in [3.05, 3.63) is 0 Å². The molecule has 0 atom stereocenters. The topological polar surface area (TPSA) is 73.4 Å². The van der Waals surface area contributed by atoms with Crippen LogP contribution in [0.3, 0.4) is 0 Å². The highest BCUT2D eigenvalue weighted by molar-refractivity contribution is 5.74. The summed E-state index contributed by atoms with van der Waals surface area (Å²) in [4.78, 5) is 11.1. The van der Waals surface area contributed by atoms with E-state index in [1.54, 1.807) is 0 Å². The summed E-state index contributed by atoms with van der Waals surface area (Å²) < 4.78 is 0. The van der Waals surface area contributed by atoms with E-state index in [-0.39, 0.29) is 18.7 Å². The molecule has 4 N–H and O–H groups in total. The van der Waals surface area contributed by atoms with E-state index < -0.39 is 0 Å². The van der Waals surface area contributed by atoms with Gasteiger partial charge in [0, 0.05) is 12.6 Å². The fraction of sp³-hybridized carbons (Fsp3) is 0.875. The maximum atomic E-state index is 11.1. The maximum absolute atomic E-state index is 11.1. The highest BCUT2D eigenvalue weighted by Gasteiger charge is 2.14. The second kappa shape index (κ2) is 5.77. The zero-order valence-corrected chi connectivity index (χ0v) is 7.68. The predicted octanol–water partition coefficient (Wildman–Crippen LogP) is -0.970. The fourth-order valence-corrected chi connectivity index (χ4v) is 1.37. The molecule has 0 aliphatic carbocycles. The zero-order chi connectivity index (χ0) is 9.52. The summed E-state index contributed by atoms with van der Waals surface area (Å²) in [5.74, 6) is 0. The number of carbonyl (C=O) groups excluding carboxylic acids is 1. The molecule has 13 heavy (non-hydrogen) atoms. The Morgan fingerprint density at radius 1 is 1.46 bits per heavy atom. The van der Waals surface area contributed by atoms with Gasteiger partial charge in [-0.05, 0) is 25.9 Å². The Morgan fingerprint density at radius 2 is 2.15 bits per heavy atom. The van der Waals surface area contributed by atoms with Crippen molar-refractivity contribution < 1.29 is 9.90 Å². The molecular weight excluding hydrogens is 170 g/mol. The molecule has 0 spiro atoms. The van der Waals surface area contributed by atoms with Gasteiger partial charge in [0.25, 0.3) is 0 Å². The van der Waals surface area contributed by atoms with E-state index in [9.17, 15) is 4.79 Å². The van der Waals surface area contributed by atoms with Crippen LogP contribution >= 0.6 is 0 Å². The van der Waals surface area contributed by atoms with Gasteiger partial charge in [-0.1, -0.05) is 0 Å². The van der Waals surface area contributed by atoms with Gasteiger partial charge in [0.1, 0.15) is 0 Å². The molecule has 2 amide bonds. The Morgan fingerprint density at radius 3 is 2.77 bits per heavy atom. The molecule has 0 aromatic rings. The number of amides is 2. The summed E-state index contributed by atoms with van der Waals surface area (Å²) in [5, 5.41) is 17.1. The predicted molar refractivity (Wildman–Crippen MR) is 49.5 cm³/mol. The van der Waals surface area contributed by atoms with Gasteiger partial charge in [-0.3, -0.25) is 0 Å². The van der Waals surface area contributed by atoms with Gasteiger partial charge in [-0.25, -0.2) is 4.79 Å². The number of carbonyl (C=O) groups is 1. The third-order valence-electron chi connectivity index (χ3n) is 2.07. The molecule has 1 saturated heterocycles. The summed E-state index contributed by atoms with van der Waals surface area (Å²) in [6.45, 7) is 2.23. The first-order chi connectivity index (χ1) is 6.33. The Balaban J connectivity index is 2.11. The molecule has 1 fully saturated rings. The van der Waals surface area contributed by atoms with Gasteiger partial charge in [0.15, 0.2) is 0 Å². The molecule has 5 nitrogen and oxygen atoms in total. The van der Waals surface area contributed by atoms with Crippen LogP contribution in [0.15, 0.2) is 0 Å². The van der Waals surface area contributed by atoms with E-state index in [1.807, 2.05) is 0 Å². The first kappa shape index (κ1) is 10.3. The van der Waals surface area contributed by atoms with E-state index in [0.29, 0.717) is 6.54 Å². The van der Waals surface area contributed by atoms with Crippen molar-refractivity contribution in [3.63, 3.8) is 0 Å². The lowest BCUT2D eigenvalue weighted by Gasteiger charge is -2.23. The standard InChI is InChI=1S/C8H17N3O2/c12-6-5-10-8(13)11-7-1-3-9-4-2-7/h7,9,12H,1-6H2,(H2,10,11,13). The largest absolute Gasteiger partial charge is 0.395 e. The Bertz CT molecular complexity index is 157. The minimum atomic E-state index is -0.180. The summed E-state index contributed by atoms with van der Waals surface area (Å²) in [7, 11) is 0. The minimum absolute atomic E-state index is 0.0142. The molecule has 0 aromatic carbocycles. The number of piperidine rings is 1. The molecule has 5 heteroatoms. The Labute approximate surface area is 77.9 Å². The molecule has 0 saturated carbocycles. The summed E-state index contributed by atoms with van der Waals surface area (Å²) >= 11 is 0. The number of nitrogens with one attached hydrogen (secondary N) is 3. The molecule has 1 heterocycles. The van der Waals surface area contributed by atoms with E-state index in [4.69, 9.17) is 5.11 Å². The van der Waals surface area contributed by atoms with Crippen molar-refractivity contribution >= 4 is 6.03 Å². The average Bonchev–Trinajstić information content (AvgIpc) is 2.16. The van der Waals surface area contributed by atoms with Crippen molar-refractivity contribution in [1.29, 1.82) is 0 Å². The van der Waals surface area contributed by atoms with Crippen LogP contribution in [0.4, 0.5) is 4.79 Å². The second-order valence-electron chi connectivity index (χ2n) is 3.15. The third-order valence-corrected chi connectivity index (χ3v) is 2.07. The molecule has 1 rings (SSSR count). The smallest absolute Gasteiger partial charge is 0.315 e. The molecule has 0 unspecified atom stereocenters.